The number of amides is 1. The number of para-hydroxylation sites is 1. The van der Waals surface area contributed by atoms with Gasteiger partial charge < -0.3 is 15.4 Å². The summed E-state index contributed by atoms with van der Waals surface area (Å²) in [6.45, 7) is 1.67. The third-order valence-electron chi connectivity index (χ3n) is 3.72. The lowest BCUT2D eigenvalue weighted by atomic mass is 10.0. The van der Waals surface area contributed by atoms with Gasteiger partial charge in [0.25, 0.3) is 0 Å². The molecule has 2 atom stereocenters. The molecule has 2 aliphatic heterocycles. The third kappa shape index (κ3) is 3.27. The maximum absolute atomic E-state index is 12.2. The Bertz CT molecular complexity index is 475. The molecule has 3 rings (SSSR count). The average molecular weight is 292 g/mol. The van der Waals surface area contributed by atoms with Gasteiger partial charge >= 0.3 is 0 Å². The van der Waals surface area contributed by atoms with Gasteiger partial charge in [-0.2, -0.15) is 11.8 Å². The van der Waals surface area contributed by atoms with Crippen LogP contribution in [0.2, 0.25) is 0 Å². The van der Waals surface area contributed by atoms with Crippen molar-refractivity contribution < 1.29 is 9.53 Å². The van der Waals surface area contributed by atoms with Gasteiger partial charge in [0.1, 0.15) is 5.75 Å². The van der Waals surface area contributed by atoms with Gasteiger partial charge in [-0.3, -0.25) is 4.79 Å². The number of carbonyl (C=O) groups excluding carboxylic acids is 1. The number of rotatable bonds is 3. The first kappa shape index (κ1) is 13.8. The smallest absolute Gasteiger partial charge is 0.222 e. The van der Waals surface area contributed by atoms with Crippen LogP contribution in [0.3, 0.4) is 0 Å². The summed E-state index contributed by atoms with van der Waals surface area (Å²) in [5.41, 5.74) is 1.10. The molecule has 2 unspecified atom stereocenters. The van der Waals surface area contributed by atoms with E-state index in [1.54, 1.807) is 0 Å². The molecule has 1 fully saturated rings. The molecule has 0 aromatic heterocycles. The monoisotopic (exact) mass is 292 g/mol. The first-order chi connectivity index (χ1) is 9.83. The van der Waals surface area contributed by atoms with Crippen molar-refractivity contribution in [3.8, 4) is 5.75 Å². The molecular formula is C15H20N2O2S. The Morgan fingerprint density at radius 1 is 1.45 bits per heavy atom. The minimum absolute atomic E-state index is 0.0868. The molecule has 4 nitrogen and oxygen atoms in total. The van der Waals surface area contributed by atoms with E-state index in [1.807, 2.05) is 36.0 Å². The molecule has 0 spiro atoms. The van der Waals surface area contributed by atoms with Crippen molar-refractivity contribution in [3.05, 3.63) is 29.8 Å². The zero-order chi connectivity index (χ0) is 13.8. The number of hydrogen-bond acceptors (Lipinski definition) is 4. The fourth-order valence-corrected chi connectivity index (χ4v) is 3.67. The predicted octanol–water partition coefficient (Wildman–Crippen LogP) is 1.72. The molecular weight excluding hydrogens is 272 g/mol. The number of hydrogen-bond donors (Lipinski definition) is 2. The molecule has 2 aliphatic rings. The lowest BCUT2D eigenvalue weighted by Gasteiger charge is -2.28. The second kappa shape index (κ2) is 6.50. The van der Waals surface area contributed by atoms with E-state index < -0.39 is 0 Å². The van der Waals surface area contributed by atoms with E-state index in [2.05, 4.69) is 10.6 Å². The Hall–Kier alpha value is -1.20. The summed E-state index contributed by atoms with van der Waals surface area (Å²) in [4.78, 5) is 12.2. The summed E-state index contributed by atoms with van der Waals surface area (Å²) in [6, 6.07) is 8.35. The number of carbonyl (C=O) groups is 1. The number of nitrogens with one attached hydrogen (secondary N) is 2. The molecule has 0 saturated carbocycles. The van der Waals surface area contributed by atoms with Gasteiger partial charge in [-0.15, -0.1) is 0 Å². The maximum Gasteiger partial charge on any atom is 0.222 e. The van der Waals surface area contributed by atoms with Crippen LogP contribution in [0.4, 0.5) is 0 Å². The molecule has 0 radical (unpaired) electrons. The Morgan fingerprint density at radius 3 is 3.20 bits per heavy atom. The highest BCUT2D eigenvalue weighted by molar-refractivity contribution is 7.99. The number of fused-ring (bicyclic) bond motifs is 1. The van der Waals surface area contributed by atoms with Crippen LogP contribution in [0.1, 0.15) is 24.4 Å². The summed E-state index contributed by atoms with van der Waals surface area (Å²) in [7, 11) is 0. The van der Waals surface area contributed by atoms with Gasteiger partial charge in [-0.05, 0) is 6.07 Å². The largest absolute Gasteiger partial charge is 0.493 e. The molecule has 1 aromatic rings. The second-order valence-electron chi connectivity index (χ2n) is 5.23. The molecule has 1 saturated heterocycles. The second-order valence-corrected chi connectivity index (χ2v) is 6.37. The van der Waals surface area contributed by atoms with E-state index >= 15 is 0 Å². The van der Waals surface area contributed by atoms with Crippen LogP contribution in [0, 0.1) is 0 Å². The zero-order valence-corrected chi connectivity index (χ0v) is 12.2. The topological polar surface area (TPSA) is 50.4 Å². The lowest BCUT2D eigenvalue weighted by molar-refractivity contribution is -0.122. The van der Waals surface area contributed by atoms with Gasteiger partial charge in [0, 0.05) is 42.5 Å². The van der Waals surface area contributed by atoms with E-state index in [9.17, 15) is 4.79 Å². The number of ether oxygens (including phenoxy) is 1. The summed E-state index contributed by atoms with van der Waals surface area (Å²) in [5.74, 6) is 3.20. The van der Waals surface area contributed by atoms with Crippen LogP contribution in [0.5, 0.6) is 5.75 Å². The predicted molar refractivity (Wildman–Crippen MR) is 81.2 cm³/mol. The van der Waals surface area contributed by atoms with E-state index in [1.165, 1.54) is 0 Å². The van der Waals surface area contributed by atoms with Crippen LogP contribution in [-0.4, -0.2) is 36.6 Å². The van der Waals surface area contributed by atoms with Crippen molar-refractivity contribution in [2.45, 2.75) is 24.9 Å². The van der Waals surface area contributed by atoms with Gasteiger partial charge in [0.05, 0.1) is 12.6 Å². The Labute approximate surface area is 123 Å². The van der Waals surface area contributed by atoms with E-state index in [4.69, 9.17) is 4.74 Å². The van der Waals surface area contributed by atoms with E-state index in [0.29, 0.717) is 19.1 Å². The van der Waals surface area contributed by atoms with Crippen LogP contribution < -0.4 is 15.4 Å². The summed E-state index contributed by atoms with van der Waals surface area (Å²) in [5, 5.41) is 6.55. The summed E-state index contributed by atoms with van der Waals surface area (Å²) >= 11 is 1.92. The first-order valence-electron chi connectivity index (χ1n) is 7.15. The normalized spacial score (nSPS) is 25.4. The third-order valence-corrected chi connectivity index (χ3v) is 4.85. The number of thioether (sulfide) groups is 1. The van der Waals surface area contributed by atoms with Crippen LogP contribution in [0.25, 0.3) is 0 Å². The minimum atomic E-state index is 0.0868. The van der Waals surface area contributed by atoms with Gasteiger partial charge in [-0.1, -0.05) is 18.2 Å². The average Bonchev–Trinajstić information content (AvgIpc) is 2.48. The highest BCUT2D eigenvalue weighted by Gasteiger charge is 2.24. The van der Waals surface area contributed by atoms with Crippen molar-refractivity contribution >= 4 is 17.7 Å². The van der Waals surface area contributed by atoms with Crippen molar-refractivity contribution in [2.24, 2.45) is 0 Å². The molecule has 5 heteroatoms. The molecule has 2 heterocycles. The van der Waals surface area contributed by atoms with Crippen molar-refractivity contribution in [3.63, 3.8) is 0 Å². The van der Waals surface area contributed by atoms with Gasteiger partial charge in [-0.25, -0.2) is 0 Å². The standard InChI is InChI=1S/C15H20N2O2S/c18-15(9-11-10-20-8-6-16-11)17-13-5-7-19-14-4-2-1-3-12(13)14/h1-4,11,13,16H,5-10H2,(H,17,18). The van der Waals surface area contributed by atoms with E-state index in [0.717, 1.165) is 35.8 Å². The summed E-state index contributed by atoms with van der Waals surface area (Å²) in [6.07, 6.45) is 1.40. The maximum atomic E-state index is 12.2. The van der Waals surface area contributed by atoms with Crippen molar-refractivity contribution in [1.82, 2.24) is 10.6 Å². The zero-order valence-electron chi connectivity index (χ0n) is 11.4. The van der Waals surface area contributed by atoms with Gasteiger partial charge in [0.2, 0.25) is 5.91 Å². The highest BCUT2D eigenvalue weighted by Crippen LogP contribution is 2.31. The fraction of sp³-hybridized carbons (Fsp3) is 0.533. The molecule has 0 bridgehead atoms. The van der Waals surface area contributed by atoms with E-state index in [-0.39, 0.29) is 11.9 Å². The van der Waals surface area contributed by atoms with Crippen LogP contribution in [-0.2, 0) is 4.79 Å². The molecule has 2 N–H and O–H groups in total. The van der Waals surface area contributed by atoms with Crippen LogP contribution in [0.15, 0.2) is 24.3 Å². The fourth-order valence-electron chi connectivity index (χ4n) is 2.72. The molecule has 108 valence electrons. The SMILES string of the molecule is O=C(CC1CSCCN1)NC1CCOc2ccccc21. The number of benzene rings is 1. The highest BCUT2D eigenvalue weighted by atomic mass is 32.2. The molecule has 20 heavy (non-hydrogen) atoms. The van der Waals surface area contributed by atoms with Crippen molar-refractivity contribution in [2.75, 3.05) is 24.7 Å². The van der Waals surface area contributed by atoms with Gasteiger partial charge in [0.15, 0.2) is 0 Å². The molecule has 1 amide bonds. The molecule has 1 aromatic carbocycles. The van der Waals surface area contributed by atoms with Crippen molar-refractivity contribution in [1.29, 1.82) is 0 Å². The molecule has 0 aliphatic carbocycles. The minimum Gasteiger partial charge on any atom is -0.493 e. The Kier molecular flexibility index (Phi) is 4.47. The first-order valence-corrected chi connectivity index (χ1v) is 8.30. The van der Waals surface area contributed by atoms with Crippen LogP contribution >= 0.6 is 11.8 Å². The quantitative estimate of drug-likeness (QED) is 0.891. The Balaban J connectivity index is 1.59. The Morgan fingerprint density at radius 2 is 2.35 bits per heavy atom. The lowest BCUT2D eigenvalue weighted by Crippen LogP contribution is -2.42. The summed E-state index contributed by atoms with van der Waals surface area (Å²) < 4.78 is 5.62.